The summed E-state index contributed by atoms with van der Waals surface area (Å²) in [4.78, 5) is 29.6. The highest BCUT2D eigenvalue weighted by Gasteiger charge is 2.25. The van der Waals surface area contributed by atoms with Gasteiger partial charge in [0.15, 0.2) is 0 Å². The molecule has 30 heavy (non-hydrogen) atoms. The van der Waals surface area contributed by atoms with Crippen molar-refractivity contribution in [1.82, 2.24) is 19.2 Å². The second-order valence-corrected chi connectivity index (χ2v) is 7.67. The number of rotatable bonds is 5. The summed E-state index contributed by atoms with van der Waals surface area (Å²) < 4.78 is 3.20. The van der Waals surface area contributed by atoms with E-state index in [1.54, 1.807) is 6.07 Å². The third kappa shape index (κ3) is 3.50. The Bertz CT molecular complexity index is 1320. The van der Waals surface area contributed by atoms with Gasteiger partial charge in [0.1, 0.15) is 12.2 Å². The standard InChI is InChI=1S/C23H21N5O2/c1-15-5-4-12-27-13-20(25-23(15)27)17-6-2-3-7-19(17)24-21(29)14-28-22(30)11-10-18(26-28)16-8-9-16/h2-7,10-13,16H,8-9,14H2,1H3,(H,24,29). The van der Waals surface area contributed by atoms with E-state index in [1.807, 2.05) is 60.1 Å². The quantitative estimate of drug-likeness (QED) is 0.558. The molecule has 3 heterocycles. The van der Waals surface area contributed by atoms with Crippen LogP contribution in [0, 0.1) is 6.92 Å². The molecular weight excluding hydrogens is 378 g/mol. The van der Waals surface area contributed by atoms with Crippen molar-refractivity contribution in [3.8, 4) is 11.3 Å². The fraction of sp³-hybridized carbons (Fsp3) is 0.217. The van der Waals surface area contributed by atoms with E-state index in [2.05, 4.69) is 10.4 Å². The minimum absolute atomic E-state index is 0.127. The Labute approximate surface area is 173 Å². The number of hydrogen-bond acceptors (Lipinski definition) is 4. The van der Waals surface area contributed by atoms with Crippen molar-refractivity contribution in [2.75, 3.05) is 5.32 Å². The molecule has 3 aromatic heterocycles. The molecular formula is C23H21N5O2. The zero-order valence-corrected chi connectivity index (χ0v) is 16.6. The summed E-state index contributed by atoms with van der Waals surface area (Å²) in [6, 6.07) is 14.8. The van der Waals surface area contributed by atoms with Gasteiger partial charge < -0.3 is 9.72 Å². The number of nitrogens with one attached hydrogen (secondary N) is 1. The number of hydrogen-bond donors (Lipinski definition) is 1. The predicted molar refractivity (Wildman–Crippen MR) is 114 cm³/mol. The van der Waals surface area contributed by atoms with Crippen LogP contribution < -0.4 is 10.9 Å². The SMILES string of the molecule is Cc1cccn2cc(-c3ccccc3NC(=O)Cn3nc(C4CC4)ccc3=O)nc12. The van der Waals surface area contributed by atoms with E-state index in [4.69, 9.17) is 4.98 Å². The van der Waals surface area contributed by atoms with Crippen LogP contribution in [-0.2, 0) is 11.3 Å². The lowest BCUT2D eigenvalue weighted by atomic mass is 10.1. The molecule has 7 nitrogen and oxygen atoms in total. The molecule has 0 unspecified atom stereocenters. The zero-order chi connectivity index (χ0) is 20.7. The Kier molecular flexibility index (Phi) is 4.43. The molecule has 0 spiro atoms. The first-order valence-corrected chi connectivity index (χ1v) is 10.00. The van der Waals surface area contributed by atoms with E-state index < -0.39 is 0 Å². The van der Waals surface area contributed by atoms with Crippen molar-refractivity contribution < 1.29 is 4.79 Å². The van der Waals surface area contributed by atoms with Crippen LogP contribution in [0.2, 0.25) is 0 Å². The maximum absolute atomic E-state index is 12.7. The van der Waals surface area contributed by atoms with Gasteiger partial charge in [-0.15, -0.1) is 0 Å². The minimum atomic E-state index is -0.301. The third-order valence-corrected chi connectivity index (χ3v) is 5.33. The third-order valence-electron chi connectivity index (χ3n) is 5.33. The van der Waals surface area contributed by atoms with Gasteiger partial charge in [0.25, 0.3) is 5.56 Å². The molecule has 0 bridgehead atoms. The largest absolute Gasteiger partial charge is 0.324 e. The van der Waals surface area contributed by atoms with Gasteiger partial charge >= 0.3 is 0 Å². The smallest absolute Gasteiger partial charge is 0.267 e. The van der Waals surface area contributed by atoms with Crippen molar-refractivity contribution in [3.63, 3.8) is 0 Å². The number of fused-ring (bicyclic) bond motifs is 1. The van der Waals surface area contributed by atoms with E-state index in [-0.39, 0.29) is 18.0 Å². The number of imidazole rings is 1. The van der Waals surface area contributed by atoms with E-state index >= 15 is 0 Å². The van der Waals surface area contributed by atoms with Gasteiger partial charge in [0.2, 0.25) is 5.91 Å². The minimum Gasteiger partial charge on any atom is -0.324 e. The van der Waals surface area contributed by atoms with Crippen molar-refractivity contribution in [2.24, 2.45) is 0 Å². The maximum atomic E-state index is 12.7. The second kappa shape index (κ2) is 7.26. The first-order chi connectivity index (χ1) is 14.6. The van der Waals surface area contributed by atoms with Gasteiger partial charge in [-0.3, -0.25) is 9.59 Å². The summed E-state index contributed by atoms with van der Waals surface area (Å²) in [6.45, 7) is 1.89. The average Bonchev–Trinajstić information content (AvgIpc) is 3.49. The number of amides is 1. The molecule has 1 amide bonds. The normalized spacial score (nSPS) is 13.5. The fourth-order valence-electron chi connectivity index (χ4n) is 3.60. The summed E-state index contributed by atoms with van der Waals surface area (Å²) in [6.07, 6.45) is 6.07. The van der Waals surface area contributed by atoms with Gasteiger partial charge in [-0.25, -0.2) is 9.67 Å². The van der Waals surface area contributed by atoms with Gasteiger partial charge in [0.05, 0.1) is 17.1 Å². The number of nitrogens with zero attached hydrogens (tertiary/aromatic N) is 4. The number of pyridine rings is 1. The summed E-state index contributed by atoms with van der Waals surface area (Å²) in [7, 11) is 0. The number of aryl methyl sites for hydroxylation is 1. The molecule has 1 aliphatic rings. The number of anilines is 1. The summed E-state index contributed by atoms with van der Waals surface area (Å²) in [5.74, 6) is 0.115. The fourth-order valence-corrected chi connectivity index (χ4v) is 3.60. The van der Waals surface area contributed by atoms with Gasteiger partial charge in [-0.05, 0) is 43.5 Å². The van der Waals surface area contributed by atoms with Crippen molar-refractivity contribution in [3.05, 3.63) is 82.5 Å². The average molecular weight is 399 g/mol. The molecule has 1 aliphatic carbocycles. The molecule has 0 radical (unpaired) electrons. The van der Waals surface area contributed by atoms with Gasteiger partial charge in [0, 0.05) is 29.9 Å². The monoisotopic (exact) mass is 399 g/mol. The second-order valence-electron chi connectivity index (χ2n) is 7.67. The molecule has 7 heteroatoms. The lowest BCUT2D eigenvalue weighted by molar-refractivity contribution is -0.117. The topological polar surface area (TPSA) is 81.3 Å². The van der Waals surface area contributed by atoms with E-state index in [0.717, 1.165) is 41.0 Å². The Balaban J connectivity index is 1.42. The number of benzene rings is 1. The molecule has 4 aromatic rings. The van der Waals surface area contributed by atoms with Crippen molar-refractivity contribution in [1.29, 1.82) is 0 Å². The molecule has 1 saturated carbocycles. The number of carbonyl (C=O) groups is 1. The van der Waals surface area contributed by atoms with Crippen LogP contribution in [0.4, 0.5) is 5.69 Å². The Hall–Kier alpha value is -3.74. The molecule has 5 rings (SSSR count). The zero-order valence-electron chi connectivity index (χ0n) is 16.6. The first kappa shape index (κ1) is 18.3. The van der Waals surface area contributed by atoms with Crippen LogP contribution in [0.5, 0.6) is 0 Å². The molecule has 1 aromatic carbocycles. The highest BCUT2D eigenvalue weighted by molar-refractivity contribution is 5.95. The molecule has 1 fully saturated rings. The number of aromatic nitrogens is 4. The van der Waals surface area contributed by atoms with E-state index in [9.17, 15) is 9.59 Å². The van der Waals surface area contributed by atoms with Crippen LogP contribution in [-0.4, -0.2) is 25.1 Å². The van der Waals surface area contributed by atoms with Crippen LogP contribution in [0.3, 0.4) is 0 Å². The van der Waals surface area contributed by atoms with Gasteiger partial charge in [-0.1, -0.05) is 24.3 Å². The summed E-state index contributed by atoms with van der Waals surface area (Å²) >= 11 is 0. The number of carbonyl (C=O) groups excluding carboxylic acids is 1. The van der Waals surface area contributed by atoms with Crippen LogP contribution in [0.15, 0.2) is 65.7 Å². The van der Waals surface area contributed by atoms with Crippen LogP contribution in [0.1, 0.15) is 30.0 Å². The molecule has 0 saturated heterocycles. The Morgan fingerprint density at radius 2 is 1.97 bits per heavy atom. The van der Waals surface area contributed by atoms with Crippen LogP contribution >= 0.6 is 0 Å². The molecule has 1 N–H and O–H groups in total. The first-order valence-electron chi connectivity index (χ1n) is 10.00. The highest BCUT2D eigenvalue weighted by Crippen LogP contribution is 2.38. The maximum Gasteiger partial charge on any atom is 0.267 e. The molecule has 0 atom stereocenters. The summed E-state index contributed by atoms with van der Waals surface area (Å²) in [5, 5.41) is 7.28. The lowest BCUT2D eigenvalue weighted by Gasteiger charge is -2.10. The van der Waals surface area contributed by atoms with Crippen LogP contribution in [0.25, 0.3) is 16.9 Å². The van der Waals surface area contributed by atoms with Gasteiger partial charge in [-0.2, -0.15) is 5.10 Å². The van der Waals surface area contributed by atoms with E-state index in [1.165, 1.54) is 10.7 Å². The molecule has 150 valence electrons. The van der Waals surface area contributed by atoms with E-state index in [0.29, 0.717) is 11.6 Å². The molecule has 0 aliphatic heterocycles. The summed E-state index contributed by atoms with van der Waals surface area (Å²) in [5.41, 5.74) is 4.79. The number of para-hydroxylation sites is 1. The highest BCUT2D eigenvalue weighted by atomic mass is 16.2. The Morgan fingerprint density at radius 3 is 2.77 bits per heavy atom. The lowest BCUT2D eigenvalue weighted by Crippen LogP contribution is -2.29. The predicted octanol–water partition coefficient (Wildman–Crippen LogP) is 3.38. The van der Waals surface area contributed by atoms with Crippen molar-refractivity contribution in [2.45, 2.75) is 32.2 Å². The van der Waals surface area contributed by atoms with Crippen molar-refractivity contribution >= 4 is 17.2 Å². The Morgan fingerprint density at radius 1 is 1.13 bits per heavy atom.